The number of ether oxygens (including phenoxy) is 1. The summed E-state index contributed by atoms with van der Waals surface area (Å²) in [6.07, 6.45) is 1.43. The van der Waals surface area contributed by atoms with Crippen molar-refractivity contribution in [1.29, 1.82) is 5.26 Å². The monoisotopic (exact) mass is 164 g/mol. The Morgan fingerprint density at radius 2 is 2.33 bits per heavy atom. The first-order chi connectivity index (χ1) is 5.74. The zero-order valence-corrected chi connectivity index (χ0v) is 5.93. The van der Waals surface area contributed by atoms with Gasteiger partial charge in [-0.1, -0.05) is 6.07 Å². The van der Waals surface area contributed by atoms with Crippen LogP contribution in [0.25, 0.3) is 0 Å². The van der Waals surface area contributed by atoms with E-state index in [2.05, 4.69) is 4.74 Å². The molecule has 0 unspecified atom stereocenters. The second kappa shape index (κ2) is 3.34. The van der Waals surface area contributed by atoms with Crippen LogP contribution in [0.5, 0.6) is 5.75 Å². The van der Waals surface area contributed by atoms with Crippen LogP contribution in [0.2, 0.25) is 0 Å². The van der Waals surface area contributed by atoms with Crippen LogP contribution in [0.4, 0.5) is 5.69 Å². The highest BCUT2D eigenvalue weighted by Crippen LogP contribution is 2.18. The Labute approximate surface area is 68.0 Å². The summed E-state index contributed by atoms with van der Waals surface area (Å²) in [5.41, 5.74) is -0.0947. The summed E-state index contributed by atoms with van der Waals surface area (Å²) in [7, 11) is 0. The molecule has 0 aromatic heterocycles. The molecule has 0 N–H and O–H groups in total. The van der Waals surface area contributed by atoms with Gasteiger partial charge in [0.1, 0.15) is 5.75 Å². The normalized spacial score (nSPS) is 8.58. The Morgan fingerprint density at radius 3 is 2.92 bits per heavy atom. The fraction of sp³-hybridized carbons (Fsp3) is 0. The van der Waals surface area contributed by atoms with Crippen LogP contribution < -0.4 is 4.74 Å². The van der Waals surface area contributed by atoms with Gasteiger partial charge in [-0.05, 0) is 6.07 Å². The van der Waals surface area contributed by atoms with Crippen molar-refractivity contribution in [3.05, 3.63) is 34.4 Å². The van der Waals surface area contributed by atoms with E-state index in [1.807, 2.05) is 0 Å². The third kappa shape index (κ3) is 1.70. The highest BCUT2D eigenvalue weighted by atomic mass is 16.6. The van der Waals surface area contributed by atoms with E-state index < -0.39 is 4.92 Å². The number of non-ortho nitro benzene ring substituents is 1. The Kier molecular flexibility index (Phi) is 2.23. The van der Waals surface area contributed by atoms with Gasteiger partial charge in [0.25, 0.3) is 11.9 Å². The van der Waals surface area contributed by atoms with Crippen molar-refractivity contribution < 1.29 is 9.66 Å². The molecule has 12 heavy (non-hydrogen) atoms. The highest BCUT2D eigenvalue weighted by molar-refractivity contribution is 5.38. The minimum Gasteiger partial charge on any atom is -0.388 e. The van der Waals surface area contributed by atoms with Crippen LogP contribution >= 0.6 is 0 Å². The molecule has 0 heterocycles. The molecule has 0 fully saturated rings. The van der Waals surface area contributed by atoms with Gasteiger partial charge < -0.3 is 4.74 Å². The van der Waals surface area contributed by atoms with Gasteiger partial charge in [0.2, 0.25) is 0 Å². The molecule has 0 aliphatic rings. The van der Waals surface area contributed by atoms with Gasteiger partial charge in [0, 0.05) is 6.07 Å². The number of hydrogen-bond donors (Lipinski definition) is 0. The van der Waals surface area contributed by atoms with E-state index in [9.17, 15) is 10.1 Å². The Balaban J connectivity index is 2.97. The molecule has 1 rings (SSSR count). The van der Waals surface area contributed by atoms with Crippen molar-refractivity contribution in [2.24, 2.45) is 0 Å². The summed E-state index contributed by atoms with van der Waals surface area (Å²) >= 11 is 0. The van der Waals surface area contributed by atoms with Crippen LogP contribution in [0, 0.1) is 21.6 Å². The van der Waals surface area contributed by atoms with Gasteiger partial charge in [-0.2, -0.15) is 0 Å². The third-order valence-corrected chi connectivity index (χ3v) is 1.19. The molecular weight excluding hydrogens is 160 g/mol. The molecule has 0 atom stereocenters. The maximum atomic E-state index is 10.2. The predicted octanol–water partition coefficient (Wildman–Crippen LogP) is 1.45. The lowest BCUT2D eigenvalue weighted by Gasteiger charge is -1.93. The molecule has 1 aromatic carbocycles. The van der Waals surface area contributed by atoms with Gasteiger partial charge in [-0.25, -0.2) is 0 Å². The first kappa shape index (κ1) is 8.01. The summed E-state index contributed by atoms with van der Waals surface area (Å²) in [4.78, 5) is 9.67. The lowest BCUT2D eigenvalue weighted by atomic mass is 10.3. The first-order valence-corrected chi connectivity index (χ1v) is 3.04. The van der Waals surface area contributed by atoms with Crippen molar-refractivity contribution in [3.8, 4) is 12.0 Å². The maximum absolute atomic E-state index is 10.2. The molecule has 0 amide bonds. The van der Waals surface area contributed by atoms with Crippen LogP contribution in [0.1, 0.15) is 0 Å². The van der Waals surface area contributed by atoms with E-state index >= 15 is 0 Å². The fourth-order valence-corrected chi connectivity index (χ4v) is 0.713. The standard InChI is InChI=1S/C7H4N2O3/c8-5-12-7-3-1-2-6(4-7)9(10)11/h1-4H. The average molecular weight is 164 g/mol. The zero-order chi connectivity index (χ0) is 8.97. The highest BCUT2D eigenvalue weighted by Gasteiger charge is 2.05. The summed E-state index contributed by atoms with van der Waals surface area (Å²) in [6.45, 7) is 0. The third-order valence-electron chi connectivity index (χ3n) is 1.19. The van der Waals surface area contributed by atoms with Crippen LogP contribution in [0.15, 0.2) is 24.3 Å². The maximum Gasteiger partial charge on any atom is 0.292 e. The topological polar surface area (TPSA) is 76.2 Å². The summed E-state index contributed by atoms with van der Waals surface area (Å²) in [5, 5.41) is 18.3. The van der Waals surface area contributed by atoms with Crippen molar-refractivity contribution in [1.82, 2.24) is 0 Å². The molecule has 5 nitrogen and oxygen atoms in total. The second-order valence-corrected chi connectivity index (χ2v) is 1.95. The molecule has 5 heteroatoms. The van der Waals surface area contributed by atoms with E-state index in [1.54, 1.807) is 0 Å². The van der Waals surface area contributed by atoms with E-state index in [1.165, 1.54) is 30.5 Å². The quantitative estimate of drug-likeness (QED) is 0.376. The summed E-state index contributed by atoms with van der Waals surface area (Å²) in [6, 6.07) is 5.43. The summed E-state index contributed by atoms with van der Waals surface area (Å²) in [5.74, 6) is 0.173. The van der Waals surface area contributed by atoms with E-state index in [-0.39, 0.29) is 11.4 Å². The fourth-order valence-electron chi connectivity index (χ4n) is 0.713. The van der Waals surface area contributed by atoms with Crippen LogP contribution in [0.3, 0.4) is 0 Å². The number of hydrogen-bond acceptors (Lipinski definition) is 4. The molecule has 1 aromatic rings. The smallest absolute Gasteiger partial charge is 0.292 e. The predicted molar refractivity (Wildman–Crippen MR) is 39.3 cm³/mol. The van der Waals surface area contributed by atoms with Crippen molar-refractivity contribution in [3.63, 3.8) is 0 Å². The molecule has 0 aliphatic heterocycles. The number of nitrogens with zero attached hydrogens (tertiary/aromatic N) is 2. The molecule has 0 saturated heterocycles. The second-order valence-electron chi connectivity index (χ2n) is 1.95. The lowest BCUT2D eigenvalue weighted by Crippen LogP contribution is -1.88. The minimum atomic E-state index is -0.551. The van der Waals surface area contributed by atoms with Crippen molar-refractivity contribution in [2.75, 3.05) is 0 Å². The van der Waals surface area contributed by atoms with Gasteiger partial charge in [0.15, 0.2) is 0 Å². The molecule has 0 bridgehead atoms. The van der Waals surface area contributed by atoms with Crippen LogP contribution in [-0.2, 0) is 0 Å². The van der Waals surface area contributed by atoms with Crippen LogP contribution in [-0.4, -0.2) is 4.92 Å². The molecule has 0 saturated carbocycles. The van der Waals surface area contributed by atoms with Gasteiger partial charge in [-0.15, -0.1) is 5.26 Å². The van der Waals surface area contributed by atoms with Crippen molar-refractivity contribution >= 4 is 5.69 Å². The number of benzene rings is 1. The average Bonchev–Trinajstić information content (AvgIpc) is 2.05. The van der Waals surface area contributed by atoms with Gasteiger partial charge >= 0.3 is 0 Å². The first-order valence-electron chi connectivity index (χ1n) is 3.04. The number of nitro groups is 1. The molecule has 0 aliphatic carbocycles. The van der Waals surface area contributed by atoms with E-state index in [4.69, 9.17) is 5.26 Å². The van der Waals surface area contributed by atoms with Gasteiger partial charge in [0.05, 0.1) is 11.0 Å². The SMILES string of the molecule is N#COc1cccc([N+](=O)[O-])c1. The minimum absolute atomic E-state index is 0.0947. The Morgan fingerprint density at radius 1 is 1.58 bits per heavy atom. The molecule has 60 valence electrons. The summed E-state index contributed by atoms with van der Waals surface area (Å²) < 4.78 is 4.40. The molecular formula is C7H4N2O3. The van der Waals surface area contributed by atoms with Gasteiger partial charge in [-0.3, -0.25) is 10.1 Å². The lowest BCUT2D eigenvalue weighted by molar-refractivity contribution is -0.384. The molecule has 0 radical (unpaired) electrons. The van der Waals surface area contributed by atoms with E-state index in [0.717, 1.165) is 0 Å². The molecule has 0 spiro atoms. The Bertz CT molecular complexity index is 343. The number of nitro benzene ring substituents is 1. The van der Waals surface area contributed by atoms with E-state index in [0.29, 0.717) is 0 Å². The number of rotatable bonds is 2. The largest absolute Gasteiger partial charge is 0.388 e. The number of nitriles is 1. The Hall–Kier alpha value is -2.09. The zero-order valence-electron chi connectivity index (χ0n) is 5.93. The van der Waals surface area contributed by atoms with Crippen molar-refractivity contribution in [2.45, 2.75) is 0 Å².